The fourth-order valence-electron chi connectivity index (χ4n) is 2.88. The molecule has 0 aliphatic heterocycles. The van der Waals surface area contributed by atoms with Crippen LogP contribution in [0.15, 0.2) is 36.4 Å². The highest BCUT2D eigenvalue weighted by Gasteiger charge is 2.24. The van der Waals surface area contributed by atoms with E-state index in [-0.39, 0.29) is 12.7 Å². The van der Waals surface area contributed by atoms with Gasteiger partial charge in [-0.3, -0.25) is 4.79 Å². The highest BCUT2D eigenvalue weighted by molar-refractivity contribution is 6.06. The lowest BCUT2D eigenvalue weighted by molar-refractivity contribution is -0.120. The summed E-state index contributed by atoms with van der Waals surface area (Å²) in [5, 5.41) is 4.39. The second-order valence-corrected chi connectivity index (χ2v) is 8.09. The molecule has 31 heavy (non-hydrogen) atoms. The second-order valence-electron chi connectivity index (χ2n) is 8.09. The van der Waals surface area contributed by atoms with Crippen molar-refractivity contribution in [1.29, 1.82) is 0 Å². The van der Waals surface area contributed by atoms with Crippen LogP contribution in [0, 0.1) is 0 Å². The molecule has 0 spiro atoms. The molecule has 0 radical (unpaired) electrons. The summed E-state index contributed by atoms with van der Waals surface area (Å²) in [5.74, 6) is 0.353. The fraction of sp³-hybridized carbons (Fsp3) is 0.478. The Bertz CT molecular complexity index is 893. The third-order valence-corrected chi connectivity index (χ3v) is 4.37. The Labute approximate surface area is 183 Å². The van der Waals surface area contributed by atoms with Crippen LogP contribution in [0.5, 0.6) is 5.75 Å². The number of nitrogens with one attached hydrogen (secondary N) is 1. The number of hydrogen-bond acceptors (Lipinski definition) is 6. The number of likely N-dealkylation sites (N-methyl/N-ethyl adjacent to an activating group) is 1. The molecule has 0 aliphatic carbocycles. The molecule has 0 saturated carbocycles. The third kappa shape index (κ3) is 7.41. The van der Waals surface area contributed by atoms with Crippen LogP contribution in [-0.2, 0) is 19.0 Å². The molecule has 0 fully saturated rings. The van der Waals surface area contributed by atoms with Crippen molar-refractivity contribution in [3.05, 3.63) is 36.4 Å². The van der Waals surface area contributed by atoms with E-state index in [4.69, 9.17) is 18.9 Å². The molecule has 1 N–H and O–H groups in total. The Morgan fingerprint density at radius 1 is 1.13 bits per heavy atom. The number of anilines is 1. The van der Waals surface area contributed by atoms with Gasteiger partial charge in [0.1, 0.15) is 17.4 Å². The van der Waals surface area contributed by atoms with Crippen LogP contribution in [0.2, 0.25) is 0 Å². The molecule has 170 valence electrons. The Kier molecular flexibility index (Phi) is 8.65. The van der Waals surface area contributed by atoms with Gasteiger partial charge in [-0.15, -0.1) is 0 Å². The first kappa shape index (κ1) is 24.4. The molecule has 2 aromatic rings. The van der Waals surface area contributed by atoms with Crippen LogP contribution in [0.25, 0.3) is 10.8 Å². The van der Waals surface area contributed by atoms with Gasteiger partial charge in [-0.1, -0.05) is 18.2 Å². The number of alkyl carbamates (subject to hydrolysis) is 1. The summed E-state index contributed by atoms with van der Waals surface area (Å²) >= 11 is 0. The molecule has 1 atom stereocenters. The number of benzene rings is 2. The first-order valence-corrected chi connectivity index (χ1v) is 10.1. The first-order chi connectivity index (χ1) is 14.6. The maximum Gasteiger partial charge on any atom is 0.408 e. The summed E-state index contributed by atoms with van der Waals surface area (Å²) in [4.78, 5) is 26.5. The molecule has 0 aliphatic rings. The van der Waals surface area contributed by atoms with E-state index in [1.54, 1.807) is 41.9 Å². The molecule has 2 amide bonds. The minimum Gasteiger partial charge on any atom is -0.468 e. The summed E-state index contributed by atoms with van der Waals surface area (Å²) in [5.41, 5.74) is 0.0593. The minimum atomic E-state index is -0.760. The Morgan fingerprint density at radius 2 is 1.87 bits per heavy atom. The van der Waals surface area contributed by atoms with Crippen LogP contribution in [0.3, 0.4) is 0 Å². The van der Waals surface area contributed by atoms with Gasteiger partial charge in [0.25, 0.3) is 0 Å². The van der Waals surface area contributed by atoms with Crippen molar-refractivity contribution in [3.63, 3.8) is 0 Å². The number of nitrogens with zero attached hydrogens (tertiary/aromatic N) is 1. The standard InChI is InChI=1S/C23H32N2O6/c1-16(24-22(27)31-23(2,3)4)21(26)25(5)20-9-7-8-17-10-11-18(14-19(17)20)30-15-29-13-12-28-6/h7-11,14,16H,12-13,15H2,1-6H3,(H,24,27)/t16-/m1/s1. The van der Waals surface area contributed by atoms with Gasteiger partial charge in [0.2, 0.25) is 5.91 Å². The first-order valence-electron chi connectivity index (χ1n) is 10.1. The smallest absolute Gasteiger partial charge is 0.408 e. The van der Waals surface area contributed by atoms with E-state index >= 15 is 0 Å². The van der Waals surface area contributed by atoms with Crippen LogP contribution in [0.4, 0.5) is 10.5 Å². The largest absolute Gasteiger partial charge is 0.468 e. The molecule has 0 aromatic heterocycles. The molecule has 2 aromatic carbocycles. The van der Waals surface area contributed by atoms with Gasteiger partial charge in [-0.2, -0.15) is 0 Å². The highest BCUT2D eigenvalue weighted by Crippen LogP contribution is 2.30. The zero-order valence-electron chi connectivity index (χ0n) is 19.1. The van der Waals surface area contributed by atoms with Gasteiger partial charge in [0.15, 0.2) is 6.79 Å². The average Bonchev–Trinajstić information content (AvgIpc) is 2.70. The van der Waals surface area contributed by atoms with Crippen molar-refractivity contribution in [1.82, 2.24) is 5.32 Å². The van der Waals surface area contributed by atoms with E-state index in [0.717, 1.165) is 10.8 Å². The maximum atomic E-state index is 12.9. The summed E-state index contributed by atoms with van der Waals surface area (Å²) in [7, 11) is 3.28. The molecule has 0 heterocycles. The summed E-state index contributed by atoms with van der Waals surface area (Å²) in [6.45, 7) is 7.96. The predicted octanol–water partition coefficient (Wildman–Crippen LogP) is 3.72. The number of ether oxygens (including phenoxy) is 4. The van der Waals surface area contributed by atoms with E-state index in [0.29, 0.717) is 24.7 Å². The molecular formula is C23H32N2O6. The third-order valence-electron chi connectivity index (χ3n) is 4.37. The highest BCUT2D eigenvalue weighted by atomic mass is 16.7. The molecule has 2 rings (SSSR count). The van der Waals surface area contributed by atoms with Gasteiger partial charge in [-0.05, 0) is 51.3 Å². The lowest BCUT2D eigenvalue weighted by Crippen LogP contribution is -2.47. The number of carbonyl (C=O) groups is 2. The zero-order chi connectivity index (χ0) is 23.0. The van der Waals surface area contributed by atoms with E-state index < -0.39 is 17.7 Å². The monoisotopic (exact) mass is 432 g/mol. The summed E-state index contributed by atoms with van der Waals surface area (Å²) in [6, 6.07) is 10.5. The van der Waals surface area contributed by atoms with Crippen molar-refractivity contribution in [2.24, 2.45) is 0 Å². The normalized spacial score (nSPS) is 12.3. The van der Waals surface area contributed by atoms with Gasteiger partial charge >= 0.3 is 6.09 Å². The fourth-order valence-corrected chi connectivity index (χ4v) is 2.88. The molecule has 8 heteroatoms. The summed E-state index contributed by atoms with van der Waals surface area (Å²) < 4.78 is 21.2. The van der Waals surface area contributed by atoms with Crippen LogP contribution in [0.1, 0.15) is 27.7 Å². The number of carbonyl (C=O) groups excluding carboxylic acids is 2. The van der Waals surface area contributed by atoms with E-state index in [1.807, 2.05) is 36.4 Å². The molecule has 0 unspecified atom stereocenters. The topological polar surface area (TPSA) is 86.3 Å². The number of rotatable bonds is 9. The second kappa shape index (κ2) is 11.0. The zero-order valence-corrected chi connectivity index (χ0v) is 19.1. The Hall–Kier alpha value is -2.84. The van der Waals surface area contributed by atoms with Gasteiger partial charge in [0.05, 0.1) is 18.9 Å². The number of fused-ring (bicyclic) bond motifs is 1. The Morgan fingerprint density at radius 3 is 2.55 bits per heavy atom. The van der Waals surface area contributed by atoms with E-state index in [2.05, 4.69) is 5.32 Å². The Balaban J connectivity index is 2.13. The lowest BCUT2D eigenvalue weighted by Gasteiger charge is -2.25. The minimum absolute atomic E-state index is 0.0998. The van der Waals surface area contributed by atoms with E-state index in [9.17, 15) is 9.59 Å². The number of hydrogen-bond donors (Lipinski definition) is 1. The van der Waals surface area contributed by atoms with Crippen molar-refractivity contribution in [3.8, 4) is 5.75 Å². The van der Waals surface area contributed by atoms with Crippen molar-refractivity contribution >= 4 is 28.5 Å². The van der Waals surface area contributed by atoms with Gasteiger partial charge in [-0.25, -0.2) is 4.79 Å². The van der Waals surface area contributed by atoms with Gasteiger partial charge in [0, 0.05) is 19.5 Å². The van der Waals surface area contributed by atoms with Gasteiger partial charge < -0.3 is 29.2 Å². The van der Waals surface area contributed by atoms with Crippen molar-refractivity contribution in [2.75, 3.05) is 39.1 Å². The number of methoxy groups -OCH3 is 1. The maximum absolute atomic E-state index is 12.9. The average molecular weight is 433 g/mol. The molecule has 8 nitrogen and oxygen atoms in total. The lowest BCUT2D eigenvalue weighted by atomic mass is 10.1. The predicted molar refractivity (Wildman–Crippen MR) is 120 cm³/mol. The van der Waals surface area contributed by atoms with Crippen molar-refractivity contribution in [2.45, 2.75) is 39.3 Å². The van der Waals surface area contributed by atoms with Crippen molar-refractivity contribution < 1.29 is 28.5 Å². The van der Waals surface area contributed by atoms with Crippen LogP contribution >= 0.6 is 0 Å². The SMILES string of the molecule is COCCOCOc1ccc2cccc(N(C)C(=O)[C@@H](C)NC(=O)OC(C)(C)C)c2c1. The molecule has 0 bridgehead atoms. The van der Waals surface area contributed by atoms with E-state index in [1.165, 1.54) is 4.90 Å². The van der Waals surface area contributed by atoms with Crippen LogP contribution < -0.4 is 15.0 Å². The quantitative estimate of drug-likeness (QED) is 0.480. The molecular weight excluding hydrogens is 400 g/mol. The van der Waals surface area contributed by atoms with Crippen LogP contribution in [-0.4, -0.2) is 57.8 Å². The number of amides is 2. The molecule has 0 saturated heterocycles. The summed E-state index contributed by atoms with van der Waals surface area (Å²) in [6.07, 6.45) is -0.635.